The van der Waals surface area contributed by atoms with Gasteiger partial charge in [-0.1, -0.05) is 48.5 Å². The fourth-order valence-corrected chi connectivity index (χ4v) is 5.32. The first-order chi connectivity index (χ1) is 16.3. The van der Waals surface area contributed by atoms with Crippen LogP contribution in [0.2, 0.25) is 0 Å². The molecule has 1 saturated heterocycles. The van der Waals surface area contributed by atoms with E-state index in [1.54, 1.807) is 19.1 Å². The van der Waals surface area contributed by atoms with Crippen LogP contribution in [0.1, 0.15) is 40.4 Å². The number of para-hydroxylation sites is 1. The van der Waals surface area contributed by atoms with Gasteiger partial charge in [-0.25, -0.2) is 12.8 Å². The van der Waals surface area contributed by atoms with Crippen LogP contribution in [0.15, 0.2) is 77.7 Å². The van der Waals surface area contributed by atoms with Crippen molar-refractivity contribution < 1.29 is 17.6 Å². The zero-order valence-electron chi connectivity index (χ0n) is 19.0. The van der Waals surface area contributed by atoms with Gasteiger partial charge in [-0.15, -0.1) is 0 Å². The van der Waals surface area contributed by atoms with Gasteiger partial charge >= 0.3 is 0 Å². The fourth-order valence-electron chi connectivity index (χ4n) is 4.23. The molecule has 1 fully saturated rings. The number of sulfonamides is 1. The predicted molar refractivity (Wildman–Crippen MR) is 131 cm³/mol. The molecule has 3 aromatic rings. The van der Waals surface area contributed by atoms with E-state index < -0.39 is 15.8 Å². The van der Waals surface area contributed by atoms with Gasteiger partial charge in [0, 0.05) is 12.1 Å². The molecule has 8 heteroatoms. The van der Waals surface area contributed by atoms with Gasteiger partial charge in [-0.2, -0.15) is 0 Å². The van der Waals surface area contributed by atoms with E-state index in [1.807, 2.05) is 18.2 Å². The molecule has 0 saturated carbocycles. The van der Waals surface area contributed by atoms with Crippen molar-refractivity contribution in [3.63, 3.8) is 0 Å². The Hall–Kier alpha value is -3.23. The number of likely N-dealkylation sites (tertiary alicyclic amines) is 1. The normalized spacial score (nSPS) is 15.1. The molecule has 1 amide bonds. The van der Waals surface area contributed by atoms with Gasteiger partial charge in [0.05, 0.1) is 16.6 Å². The molecule has 3 aromatic carbocycles. The zero-order chi connectivity index (χ0) is 24.1. The second kappa shape index (κ2) is 10.4. The average molecular weight is 482 g/mol. The van der Waals surface area contributed by atoms with Crippen LogP contribution in [-0.2, 0) is 10.0 Å². The minimum Gasteiger partial charge on any atom is -0.350 e. The summed E-state index contributed by atoms with van der Waals surface area (Å²) in [5.74, 6) is -1.02. The topological polar surface area (TPSA) is 78.5 Å². The lowest BCUT2D eigenvalue weighted by Crippen LogP contribution is -2.37. The summed E-state index contributed by atoms with van der Waals surface area (Å²) < 4.78 is 41.9. The average Bonchev–Trinajstić information content (AvgIpc) is 3.36. The summed E-state index contributed by atoms with van der Waals surface area (Å²) in [7, 11) is -4.07. The molecule has 1 heterocycles. The molecule has 2 N–H and O–H groups in total. The molecule has 178 valence electrons. The largest absolute Gasteiger partial charge is 0.350 e. The Labute approximate surface area is 199 Å². The van der Waals surface area contributed by atoms with E-state index in [1.165, 1.54) is 30.3 Å². The SMILES string of the molecule is Cc1ccc(S(=O)(=O)Nc2ccccc2F)cc1C(=O)NCC(c1ccccc1)N1CCCC1. The van der Waals surface area contributed by atoms with Gasteiger partial charge in [0.1, 0.15) is 5.82 Å². The summed E-state index contributed by atoms with van der Waals surface area (Å²) >= 11 is 0. The van der Waals surface area contributed by atoms with Crippen molar-refractivity contribution in [2.75, 3.05) is 24.4 Å². The molecular weight excluding hydrogens is 453 g/mol. The summed E-state index contributed by atoms with van der Waals surface area (Å²) in [6.45, 7) is 4.12. The number of aryl methyl sites for hydroxylation is 1. The summed E-state index contributed by atoms with van der Waals surface area (Å²) in [4.78, 5) is 15.4. The lowest BCUT2D eigenvalue weighted by molar-refractivity contribution is 0.0937. The van der Waals surface area contributed by atoms with Crippen LogP contribution in [-0.4, -0.2) is 38.9 Å². The molecule has 0 radical (unpaired) electrons. The number of carbonyl (C=O) groups excluding carboxylic acids is 1. The van der Waals surface area contributed by atoms with Crippen molar-refractivity contribution in [2.45, 2.75) is 30.7 Å². The molecule has 0 aliphatic carbocycles. The number of anilines is 1. The first-order valence-electron chi connectivity index (χ1n) is 11.3. The zero-order valence-corrected chi connectivity index (χ0v) is 19.8. The van der Waals surface area contributed by atoms with E-state index in [0.29, 0.717) is 12.1 Å². The molecule has 4 rings (SSSR count). The van der Waals surface area contributed by atoms with Crippen molar-refractivity contribution in [3.05, 3.63) is 95.3 Å². The number of halogens is 1. The van der Waals surface area contributed by atoms with E-state index >= 15 is 0 Å². The molecule has 0 aromatic heterocycles. The quantitative estimate of drug-likeness (QED) is 0.497. The molecule has 1 unspecified atom stereocenters. The maximum absolute atomic E-state index is 14.0. The number of hydrogen-bond acceptors (Lipinski definition) is 4. The Morgan fingerprint density at radius 2 is 1.68 bits per heavy atom. The van der Waals surface area contributed by atoms with E-state index in [9.17, 15) is 17.6 Å². The Bertz CT molecular complexity index is 1260. The number of benzene rings is 3. The molecular formula is C26H28FN3O3S. The maximum Gasteiger partial charge on any atom is 0.262 e. The number of nitrogens with zero attached hydrogens (tertiary/aromatic N) is 1. The molecule has 0 bridgehead atoms. The van der Waals surface area contributed by atoms with Crippen molar-refractivity contribution in [2.24, 2.45) is 0 Å². The monoisotopic (exact) mass is 481 g/mol. The number of nitrogens with one attached hydrogen (secondary N) is 2. The van der Waals surface area contributed by atoms with Crippen LogP contribution in [0.5, 0.6) is 0 Å². The first kappa shape index (κ1) is 23.9. The Morgan fingerprint density at radius 3 is 2.38 bits per heavy atom. The van der Waals surface area contributed by atoms with Crippen LogP contribution >= 0.6 is 0 Å². The standard InChI is InChI=1S/C26H28FN3O3S/c1-19-13-14-21(34(32,33)29-24-12-6-5-11-23(24)27)17-22(19)26(31)28-18-25(30-15-7-8-16-30)20-9-3-2-4-10-20/h2-6,9-14,17,25,29H,7-8,15-16,18H2,1H3,(H,28,31). The number of hydrogen-bond donors (Lipinski definition) is 2. The third-order valence-corrected chi connectivity index (χ3v) is 7.47. The Balaban J connectivity index is 1.53. The highest BCUT2D eigenvalue weighted by molar-refractivity contribution is 7.92. The molecule has 1 aliphatic heterocycles. The fraction of sp³-hybridized carbons (Fsp3) is 0.269. The van der Waals surface area contributed by atoms with E-state index in [2.05, 4.69) is 27.1 Å². The number of rotatable bonds is 8. The van der Waals surface area contributed by atoms with E-state index in [-0.39, 0.29) is 28.1 Å². The second-order valence-electron chi connectivity index (χ2n) is 8.44. The molecule has 0 spiro atoms. The Kier molecular flexibility index (Phi) is 7.29. The van der Waals surface area contributed by atoms with Crippen molar-refractivity contribution in [3.8, 4) is 0 Å². The van der Waals surface area contributed by atoms with Crippen molar-refractivity contribution >= 4 is 21.6 Å². The van der Waals surface area contributed by atoms with Crippen LogP contribution in [0.4, 0.5) is 10.1 Å². The third-order valence-electron chi connectivity index (χ3n) is 6.10. The highest BCUT2D eigenvalue weighted by atomic mass is 32.2. The van der Waals surface area contributed by atoms with Gasteiger partial charge in [0.15, 0.2) is 0 Å². The van der Waals surface area contributed by atoms with E-state index in [4.69, 9.17) is 0 Å². The van der Waals surface area contributed by atoms with Gasteiger partial charge in [-0.05, 0) is 68.2 Å². The smallest absolute Gasteiger partial charge is 0.262 e. The van der Waals surface area contributed by atoms with Crippen molar-refractivity contribution in [1.82, 2.24) is 10.2 Å². The lowest BCUT2D eigenvalue weighted by atomic mass is 10.0. The Morgan fingerprint density at radius 1 is 1.00 bits per heavy atom. The van der Waals surface area contributed by atoms with Crippen molar-refractivity contribution in [1.29, 1.82) is 0 Å². The second-order valence-corrected chi connectivity index (χ2v) is 10.1. The summed E-state index contributed by atoms with van der Waals surface area (Å²) in [6.07, 6.45) is 2.26. The molecule has 1 atom stereocenters. The highest BCUT2D eigenvalue weighted by Crippen LogP contribution is 2.25. The third kappa shape index (κ3) is 5.46. The predicted octanol–water partition coefficient (Wildman–Crippen LogP) is 4.50. The first-order valence-corrected chi connectivity index (χ1v) is 12.8. The van der Waals surface area contributed by atoms with Crippen LogP contribution in [0.3, 0.4) is 0 Å². The summed E-state index contributed by atoms with van der Waals surface area (Å²) in [5.41, 5.74) is 1.90. The minimum atomic E-state index is -4.07. The molecule has 6 nitrogen and oxygen atoms in total. The maximum atomic E-state index is 14.0. The van der Waals surface area contributed by atoms with Gasteiger partial charge < -0.3 is 5.32 Å². The molecule has 34 heavy (non-hydrogen) atoms. The van der Waals surface area contributed by atoms with Gasteiger partial charge in [-0.3, -0.25) is 14.4 Å². The van der Waals surface area contributed by atoms with Gasteiger partial charge in [0.25, 0.3) is 15.9 Å². The van der Waals surface area contributed by atoms with Crippen LogP contribution < -0.4 is 10.0 Å². The number of carbonyl (C=O) groups is 1. The molecule has 1 aliphatic rings. The summed E-state index contributed by atoms with van der Waals surface area (Å²) in [5, 5.41) is 3.00. The number of amides is 1. The van der Waals surface area contributed by atoms with Crippen LogP contribution in [0.25, 0.3) is 0 Å². The van der Waals surface area contributed by atoms with E-state index in [0.717, 1.165) is 31.5 Å². The van der Waals surface area contributed by atoms with Crippen LogP contribution in [0, 0.1) is 12.7 Å². The lowest BCUT2D eigenvalue weighted by Gasteiger charge is -2.28. The van der Waals surface area contributed by atoms with Gasteiger partial charge in [0.2, 0.25) is 0 Å². The highest BCUT2D eigenvalue weighted by Gasteiger charge is 2.25. The minimum absolute atomic E-state index is 0.0441. The summed E-state index contributed by atoms with van der Waals surface area (Å²) in [6, 6.07) is 20.0.